The van der Waals surface area contributed by atoms with E-state index in [-0.39, 0.29) is 18.0 Å². The van der Waals surface area contributed by atoms with Crippen LogP contribution in [0.3, 0.4) is 0 Å². The number of methoxy groups -OCH3 is 1. The fraction of sp³-hybridized carbons (Fsp3) is 0.286. The van der Waals surface area contributed by atoms with Crippen LogP contribution in [0, 0.1) is 11.3 Å². The van der Waals surface area contributed by atoms with Gasteiger partial charge in [0.1, 0.15) is 23.2 Å². The zero-order chi connectivity index (χ0) is 21.1. The second-order valence-electron chi connectivity index (χ2n) is 7.07. The van der Waals surface area contributed by atoms with Gasteiger partial charge >= 0.3 is 0 Å². The molecule has 1 aromatic carbocycles. The van der Waals surface area contributed by atoms with Crippen molar-refractivity contribution in [3.63, 3.8) is 0 Å². The molecule has 0 radical (unpaired) electrons. The smallest absolute Gasteiger partial charge is 0.256 e. The third-order valence-electron chi connectivity index (χ3n) is 5.19. The van der Waals surface area contributed by atoms with E-state index < -0.39 is 0 Å². The van der Waals surface area contributed by atoms with E-state index in [1.807, 2.05) is 30.0 Å². The molecule has 3 heterocycles. The maximum atomic E-state index is 13.3. The molecule has 9 heteroatoms. The molecule has 1 aliphatic heterocycles. The van der Waals surface area contributed by atoms with Crippen molar-refractivity contribution in [1.82, 2.24) is 24.9 Å². The third kappa shape index (κ3) is 3.55. The topological polar surface area (TPSA) is 109 Å². The molecule has 2 aromatic heterocycles. The molecule has 0 aliphatic carbocycles. The SMILES string of the molecule is COc1ccnc(N[C@@H]2C[C@@H](C)N(C(=O)c3ccccc3-n3nccn3)C2)c1C#N. The van der Waals surface area contributed by atoms with E-state index in [2.05, 4.69) is 26.6 Å². The summed E-state index contributed by atoms with van der Waals surface area (Å²) in [5.41, 5.74) is 1.53. The molecule has 1 aliphatic rings. The first-order valence-corrected chi connectivity index (χ1v) is 9.58. The van der Waals surface area contributed by atoms with Crippen LogP contribution in [0.1, 0.15) is 29.3 Å². The Morgan fingerprint density at radius 2 is 2.00 bits per heavy atom. The summed E-state index contributed by atoms with van der Waals surface area (Å²) in [4.78, 5) is 20.9. The summed E-state index contributed by atoms with van der Waals surface area (Å²) >= 11 is 0. The first-order valence-electron chi connectivity index (χ1n) is 9.58. The molecule has 1 N–H and O–H groups in total. The zero-order valence-electron chi connectivity index (χ0n) is 16.7. The molecule has 2 atom stereocenters. The van der Waals surface area contributed by atoms with Crippen LogP contribution in [0.15, 0.2) is 48.9 Å². The molecule has 3 aromatic rings. The van der Waals surface area contributed by atoms with Crippen molar-refractivity contribution in [1.29, 1.82) is 5.26 Å². The minimum atomic E-state index is -0.0844. The maximum absolute atomic E-state index is 13.3. The number of amides is 1. The highest BCUT2D eigenvalue weighted by Gasteiger charge is 2.34. The number of nitriles is 1. The van der Waals surface area contributed by atoms with E-state index in [0.717, 1.165) is 6.42 Å². The minimum absolute atomic E-state index is 0.0183. The number of nitrogens with one attached hydrogen (secondary N) is 1. The predicted molar refractivity (Wildman–Crippen MR) is 109 cm³/mol. The van der Waals surface area contributed by atoms with Crippen LogP contribution in [-0.2, 0) is 0 Å². The highest BCUT2D eigenvalue weighted by Crippen LogP contribution is 2.28. The molecule has 0 spiro atoms. The summed E-state index contributed by atoms with van der Waals surface area (Å²) in [5.74, 6) is 0.845. The quantitative estimate of drug-likeness (QED) is 0.696. The average molecular weight is 403 g/mol. The van der Waals surface area contributed by atoms with Crippen LogP contribution >= 0.6 is 0 Å². The van der Waals surface area contributed by atoms with Crippen LogP contribution < -0.4 is 10.1 Å². The highest BCUT2D eigenvalue weighted by molar-refractivity contribution is 5.98. The Morgan fingerprint density at radius 3 is 2.73 bits per heavy atom. The second-order valence-corrected chi connectivity index (χ2v) is 7.07. The summed E-state index contributed by atoms with van der Waals surface area (Å²) < 4.78 is 5.25. The number of carbonyl (C=O) groups is 1. The lowest BCUT2D eigenvalue weighted by Gasteiger charge is -2.22. The van der Waals surface area contributed by atoms with Crippen molar-refractivity contribution in [2.24, 2.45) is 0 Å². The van der Waals surface area contributed by atoms with Gasteiger partial charge in [-0.2, -0.15) is 20.3 Å². The number of rotatable bonds is 5. The summed E-state index contributed by atoms with van der Waals surface area (Å²) in [7, 11) is 1.52. The lowest BCUT2D eigenvalue weighted by Crippen LogP contribution is -2.36. The van der Waals surface area contributed by atoms with Gasteiger partial charge in [-0.05, 0) is 31.5 Å². The molecular weight excluding hydrogens is 382 g/mol. The number of likely N-dealkylation sites (tertiary alicyclic amines) is 1. The van der Waals surface area contributed by atoms with Crippen molar-refractivity contribution in [3.05, 3.63) is 60.0 Å². The normalized spacial score (nSPS) is 18.1. The monoisotopic (exact) mass is 403 g/mol. The number of carbonyl (C=O) groups excluding carboxylic acids is 1. The lowest BCUT2D eigenvalue weighted by molar-refractivity contribution is 0.0746. The van der Waals surface area contributed by atoms with Crippen molar-refractivity contribution in [2.75, 3.05) is 19.0 Å². The van der Waals surface area contributed by atoms with E-state index in [1.165, 1.54) is 11.9 Å². The summed E-state index contributed by atoms with van der Waals surface area (Å²) in [5, 5.41) is 21.1. The Kier molecular flexibility index (Phi) is 5.30. The summed E-state index contributed by atoms with van der Waals surface area (Å²) in [6, 6.07) is 11.1. The van der Waals surface area contributed by atoms with E-state index >= 15 is 0 Å². The zero-order valence-corrected chi connectivity index (χ0v) is 16.7. The van der Waals surface area contributed by atoms with E-state index in [4.69, 9.17) is 4.74 Å². The molecule has 152 valence electrons. The first-order chi connectivity index (χ1) is 14.6. The highest BCUT2D eigenvalue weighted by atomic mass is 16.5. The molecule has 1 saturated heterocycles. The Bertz CT molecular complexity index is 1090. The van der Waals surface area contributed by atoms with Crippen molar-refractivity contribution in [2.45, 2.75) is 25.4 Å². The third-order valence-corrected chi connectivity index (χ3v) is 5.19. The Hall–Kier alpha value is -3.93. The number of aromatic nitrogens is 4. The summed E-state index contributed by atoms with van der Waals surface area (Å²) in [6.45, 7) is 2.50. The number of benzene rings is 1. The Balaban J connectivity index is 1.55. The minimum Gasteiger partial charge on any atom is -0.495 e. The van der Waals surface area contributed by atoms with Gasteiger partial charge in [0.2, 0.25) is 0 Å². The van der Waals surface area contributed by atoms with Gasteiger partial charge in [-0.15, -0.1) is 0 Å². The van der Waals surface area contributed by atoms with E-state index in [1.54, 1.807) is 30.7 Å². The van der Waals surface area contributed by atoms with Gasteiger partial charge in [-0.1, -0.05) is 12.1 Å². The van der Waals surface area contributed by atoms with Crippen LogP contribution in [0.2, 0.25) is 0 Å². The van der Waals surface area contributed by atoms with Crippen molar-refractivity contribution < 1.29 is 9.53 Å². The number of pyridine rings is 1. The lowest BCUT2D eigenvalue weighted by atomic mass is 10.1. The average Bonchev–Trinajstić information content (AvgIpc) is 3.43. The van der Waals surface area contributed by atoms with Gasteiger partial charge < -0.3 is 15.0 Å². The number of nitrogens with zero attached hydrogens (tertiary/aromatic N) is 6. The largest absolute Gasteiger partial charge is 0.495 e. The molecule has 4 rings (SSSR count). The maximum Gasteiger partial charge on any atom is 0.256 e. The van der Waals surface area contributed by atoms with Gasteiger partial charge in [-0.3, -0.25) is 4.79 Å². The number of para-hydroxylation sites is 1. The van der Waals surface area contributed by atoms with Gasteiger partial charge in [-0.25, -0.2) is 4.98 Å². The van der Waals surface area contributed by atoms with Crippen molar-refractivity contribution >= 4 is 11.7 Å². The molecule has 30 heavy (non-hydrogen) atoms. The van der Waals surface area contributed by atoms with Crippen LogP contribution in [-0.4, -0.2) is 56.5 Å². The first kappa shape index (κ1) is 19.4. The molecule has 1 amide bonds. The van der Waals surface area contributed by atoms with Gasteiger partial charge in [0.05, 0.1) is 30.8 Å². The number of hydrogen-bond donors (Lipinski definition) is 1. The molecule has 9 nitrogen and oxygen atoms in total. The molecule has 0 unspecified atom stereocenters. The van der Waals surface area contributed by atoms with Crippen LogP contribution in [0.4, 0.5) is 5.82 Å². The molecule has 1 fully saturated rings. The molecule has 0 bridgehead atoms. The number of ether oxygens (including phenoxy) is 1. The van der Waals surface area contributed by atoms with Crippen LogP contribution in [0.25, 0.3) is 5.69 Å². The number of hydrogen-bond acceptors (Lipinski definition) is 7. The predicted octanol–water partition coefficient (Wildman–Crippen LogP) is 2.26. The van der Waals surface area contributed by atoms with E-state index in [9.17, 15) is 10.1 Å². The van der Waals surface area contributed by atoms with Gasteiger partial charge in [0.15, 0.2) is 0 Å². The second kappa shape index (κ2) is 8.21. The molecular formula is C21H21N7O2. The van der Waals surface area contributed by atoms with Crippen molar-refractivity contribution in [3.8, 4) is 17.5 Å². The summed E-state index contributed by atoms with van der Waals surface area (Å²) in [6.07, 6.45) is 5.48. The fourth-order valence-electron chi connectivity index (χ4n) is 3.77. The number of anilines is 1. The standard InChI is InChI=1S/C21H21N7O2/c1-14-11-15(26-20-17(12-22)19(30-2)7-8-23-20)13-27(14)21(29)16-5-3-4-6-18(16)28-24-9-10-25-28/h3-10,14-15H,11,13H2,1-2H3,(H,23,26)/t14-,15-/m1/s1. The Morgan fingerprint density at radius 1 is 1.23 bits per heavy atom. The Labute approximate surface area is 173 Å². The molecule has 0 saturated carbocycles. The van der Waals surface area contributed by atoms with Crippen LogP contribution in [0.5, 0.6) is 5.75 Å². The fourth-order valence-corrected chi connectivity index (χ4v) is 3.77. The van der Waals surface area contributed by atoms with Gasteiger partial charge in [0, 0.05) is 24.8 Å². The van der Waals surface area contributed by atoms with E-state index in [0.29, 0.717) is 34.9 Å². The van der Waals surface area contributed by atoms with Gasteiger partial charge in [0.25, 0.3) is 5.91 Å².